The van der Waals surface area contributed by atoms with Crippen LogP contribution in [0.4, 0.5) is 11.4 Å². The van der Waals surface area contributed by atoms with Crippen LogP contribution in [0.5, 0.6) is 0 Å². The highest BCUT2D eigenvalue weighted by Crippen LogP contribution is 2.23. The maximum atomic E-state index is 11.1. The van der Waals surface area contributed by atoms with Gasteiger partial charge < -0.3 is 16.2 Å². The average molecular weight is 258 g/mol. The summed E-state index contributed by atoms with van der Waals surface area (Å²) < 4.78 is 0. The Morgan fingerprint density at radius 2 is 2.21 bits per heavy atom. The molecule has 98 valence electrons. The standard InChI is InChI=1S/C13H14N4O2/c1-8-15-6-5-9(17-8)7-16-12-10(13(18)19)3-2-4-11(12)14/h2-6,16H,7,14H2,1H3,(H,18,19). The first kappa shape index (κ1) is 12.8. The van der Waals surface area contributed by atoms with Gasteiger partial charge in [-0.2, -0.15) is 0 Å². The summed E-state index contributed by atoms with van der Waals surface area (Å²) in [7, 11) is 0. The summed E-state index contributed by atoms with van der Waals surface area (Å²) >= 11 is 0. The summed E-state index contributed by atoms with van der Waals surface area (Å²) in [6.07, 6.45) is 1.66. The Morgan fingerprint density at radius 1 is 1.42 bits per heavy atom. The largest absolute Gasteiger partial charge is 0.478 e. The van der Waals surface area contributed by atoms with E-state index in [1.165, 1.54) is 6.07 Å². The number of hydrogen-bond donors (Lipinski definition) is 3. The van der Waals surface area contributed by atoms with Gasteiger partial charge in [-0.3, -0.25) is 0 Å². The molecule has 0 saturated heterocycles. The Bertz CT molecular complexity index is 613. The third-order valence-electron chi connectivity index (χ3n) is 2.61. The number of benzene rings is 1. The first-order valence-corrected chi connectivity index (χ1v) is 5.72. The van der Waals surface area contributed by atoms with Crippen molar-refractivity contribution in [1.82, 2.24) is 9.97 Å². The molecular formula is C13H14N4O2. The molecule has 1 heterocycles. The van der Waals surface area contributed by atoms with Gasteiger partial charge in [-0.25, -0.2) is 14.8 Å². The Morgan fingerprint density at radius 3 is 2.89 bits per heavy atom. The maximum Gasteiger partial charge on any atom is 0.337 e. The quantitative estimate of drug-likeness (QED) is 0.721. The molecule has 0 fully saturated rings. The van der Waals surface area contributed by atoms with E-state index in [9.17, 15) is 4.79 Å². The van der Waals surface area contributed by atoms with Crippen LogP contribution in [0, 0.1) is 6.92 Å². The molecule has 6 heteroatoms. The molecule has 0 radical (unpaired) electrons. The average Bonchev–Trinajstić information content (AvgIpc) is 2.37. The van der Waals surface area contributed by atoms with Crippen LogP contribution >= 0.6 is 0 Å². The van der Waals surface area contributed by atoms with Gasteiger partial charge in [-0.1, -0.05) is 6.07 Å². The van der Waals surface area contributed by atoms with E-state index in [0.29, 0.717) is 23.7 Å². The number of carboxylic acids is 1. The van der Waals surface area contributed by atoms with Crippen molar-refractivity contribution in [3.05, 3.63) is 47.5 Å². The second-order valence-electron chi connectivity index (χ2n) is 4.02. The van der Waals surface area contributed by atoms with E-state index in [-0.39, 0.29) is 5.56 Å². The lowest BCUT2D eigenvalue weighted by Crippen LogP contribution is -2.10. The molecule has 6 nitrogen and oxygen atoms in total. The number of anilines is 2. The molecule has 0 aliphatic carbocycles. The minimum absolute atomic E-state index is 0.144. The topological polar surface area (TPSA) is 101 Å². The minimum atomic E-state index is -1.02. The van der Waals surface area contributed by atoms with E-state index in [1.54, 1.807) is 31.3 Å². The SMILES string of the molecule is Cc1nccc(CNc2c(N)cccc2C(=O)O)n1. The fourth-order valence-corrected chi connectivity index (χ4v) is 1.73. The van der Waals surface area contributed by atoms with Crippen molar-refractivity contribution in [2.45, 2.75) is 13.5 Å². The van der Waals surface area contributed by atoms with Crippen LogP contribution in [0.3, 0.4) is 0 Å². The van der Waals surface area contributed by atoms with E-state index < -0.39 is 5.97 Å². The van der Waals surface area contributed by atoms with Crippen molar-refractivity contribution in [3.63, 3.8) is 0 Å². The van der Waals surface area contributed by atoms with Crippen molar-refractivity contribution >= 4 is 17.3 Å². The minimum Gasteiger partial charge on any atom is -0.478 e. The highest BCUT2D eigenvalue weighted by atomic mass is 16.4. The van der Waals surface area contributed by atoms with Crippen LogP contribution in [-0.4, -0.2) is 21.0 Å². The molecule has 4 N–H and O–H groups in total. The number of nitrogen functional groups attached to an aromatic ring is 1. The number of para-hydroxylation sites is 1. The van der Waals surface area contributed by atoms with Crippen molar-refractivity contribution in [3.8, 4) is 0 Å². The second-order valence-corrected chi connectivity index (χ2v) is 4.02. The zero-order valence-corrected chi connectivity index (χ0v) is 10.4. The Kier molecular flexibility index (Phi) is 3.61. The van der Waals surface area contributed by atoms with Crippen LogP contribution in [0.1, 0.15) is 21.9 Å². The van der Waals surface area contributed by atoms with Gasteiger partial charge in [0.15, 0.2) is 0 Å². The van der Waals surface area contributed by atoms with Gasteiger partial charge in [-0.05, 0) is 25.1 Å². The molecule has 1 aromatic carbocycles. The predicted octanol–water partition coefficient (Wildman–Crippen LogP) is 1.68. The number of hydrogen-bond acceptors (Lipinski definition) is 5. The fraction of sp³-hybridized carbons (Fsp3) is 0.154. The number of aromatic nitrogens is 2. The van der Waals surface area contributed by atoms with Crippen LogP contribution < -0.4 is 11.1 Å². The number of carbonyl (C=O) groups is 1. The molecule has 1 aromatic heterocycles. The smallest absolute Gasteiger partial charge is 0.337 e. The molecular weight excluding hydrogens is 244 g/mol. The third kappa shape index (κ3) is 2.98. The van der Waals surface area contributed by atoms with Gasteiger partial charge in [0, 0.05) is 6.20 Å². The third-order valence-corrected chi connectivity index (χ3v) is 2.61. The van der Waals surface area contributed by atoms with Gasteiger partial charge in [0.05, 0.1) is 29.2 Å². The lowest BCUT2D eigenvalue weighted by atomic mass is 10.1. The molecule has 0 bridgehead atoms. The number of nitrogens with one attached hydrogen (secondary N) is 1. The van der Waals surface area contributed by atoms with E-state index in [1.807, 2.05) is 0 Å². The number of aromatic carboxylic acids is 1. The summed E-state index contributed by atoms with van der Waals surface area (Å²) in [6, 6.07) is 6.53. The van der Waals surface area contributed by atoms with E-state index in [0.717, 1.165) is 5.69 Å². The van der Waals surface area contributed by atoms with E-state index in [2.05, 4.69) is 15.3 Å². The Labute approximate surface area is 110 Å². The zero-order chi connectivity index (χ0) is 13.8. The number of nitrogens with two attached hydrogens (primary N) is 1. The first-order valence-electron chi connectivity index (χ1n) is 5.72. The zero-order valence-electron chi connectivity index (χ0n) is 10.4. The van der Waals surface area contributed by atoms with Crippen molar-refractivity contribution in [1.29, 1.82) is 0 Å². The number of carboxylic acid groups (broad SMARTS) is 1. The molecule has 0 saturated carbocycles. The summed E-state index contributed by atoms with van der Waals surface area (Å²) in [5.41, 5.74) is 7.51. The Hall–Kier alpha value is -2.63. The summed E-state index contributed by atoms with van der Waals surface area (Å²) in [4.78, 5) is 19.3. The summed E-state index contributed by atoms with van der Waals surface area (Å²) in [5.74, 6) is -0.354. The molecule has 19 heavy (non-hydrogen) atoms. The molecule has 0 aliphatic rings. The lowest BCUT2D eigenvalue weighted by molar-refractivity contribution is 0.0698. The Balaban J connectivity index is 2.22. The highest BCUT2D eigenvalue weighted by Gasteiger charge is 2.12. The monoisotopic (exact) mass is 258 g/mol. The van der Waals surface area contributed by atoms with Crippen LogP contribution in [0.15, 0.2) is 30.5 Å². The lowest BCUT2D eigenvalue weighted by Gasteiger charge is -2.12. The molecule has 0 aliphatic heterocycles. The molecule has 0 unspecified atom stereocenters. The highest BCUT2D eigenvalue weighted by molar-refractivity contribution is 5.97. The van der Waals surface area contributed by atoms with Gasteiger partial charge in [0.25, 0.3) is 0 Å². The van der Waals surface area contributed by atoms with Crippen LogP contribution in [-0.2, 0) is 6.54 Å². The fourth-order valence-electron chi connectivity index (χ4n) is 1.73. The predicted molar refractivity (Wildman–Crippen MR) is 71.9 cm³/mol. The number of nitrogens with zero attached hydrogens (tertiary/aromatic N) is 2. The van der Waals surface area contributed by atoms with Gasteiger partial charge in [0.2, 0.25) is 0 Å². The molecule has 2 rings (SSSR count). The van der Waals surface area contributed by atoms with Crippen molar-refractivity contribution in [2.24, 2.45) is 0 Å². The van der Waals surface area contributed by atoms with E-state index in [4.69, 9.17) is 10.8 Å². The number of rotatable bonds is 4. The van der Waals surface area contributed by atoms with Gasteiger partial charge >= 0.3 is 5.97 Å². The van der Waals surface area contributed by atoms with Gasteiger partial charge in [-0.15, -0.1) is 0 Å². The van der Waals surface area contributed by atoms with Crippen molar-refractivity contribution in [2.75, 3.05) is 11.1 Å². The van der Waals surface area contributed by atoms with Crippen LogP contribution in [0.25, 0.3) is 0 Å². The molecule has 0 spiro atoms. The number of aryl methyl sites for hydroxylation is 1. The molecule has 0 amide bonds. The maximum absolute atomic E-state index is 11.1. The van der Waals surface area contributed by atoms with Gasteiger partial charge in [0.1, 0.15) is 5.82 Å². The first-order chi connectivity index (χ1) is 9.08. The van der Waals surface area contributed by atoms with Crippen molar-refractivity contribution < 1.29 is 9.90 Å². The van der Waals surface area contributed by atoms with E-state index >= 15 is 0 Å². The second kappa shape index (κ2) is 5.34. The normalized spacial score (nSPS) is 10.2. The van der Waals surface area contributed by atoms with Crippen LogP contribution in [0.2, 0.25) is 0 Å². The summed E-state index contributed by atoms with van der Waals surface area (Å²) in [6.45, 7) is 2.18. The molecule has 0 atom stereocenters. The summed E-state index contributed by atoms with van der Waals surface area (Å²) in [5, 5.41) is 12.1. The molecule has 2 aromatic rings.